The van der Waals surface area contributed by atoms with Crippen molar-refractivity contribution < 1.29 is 22.7 Å². The van der Waals surface area contributed by atoms with Crippen LogP contribution in [0.1, 0.15) is 39.6 Å². The Morgan fingerprint density at radius 2 is 1.89 bits per heavy atom. The van der Waals surface area contributed by atoms with Crippen molar-refractivity contribution in [3.05, 3.63) is 64.7 Å². The Morgan fingerprint density at radius 1 is 1.14 bits per heavy atom. The molecule has 148 valence electrons. The van der Waals surface area contributed by atoms with Crippen LogP contribution in [0.5, 0.6) is 0 Å². The smallest absolute Gasteiger partial charge is 0.339 e. The van der Waals surface area contributed by atoms with Crippen LogP contribution in [0, 0.1) is 6.92 Å². The molecule has 7 heteroatoms. The fourth-order valence-electron chi connectivity index (χ4n) is 3.75. The fraction of sp³-hybridized carbons (Fsp3) is 0.381. The van der Waals surface area contributed by atoms with Gasteiger partial charge in [0.15, 0.2) is 0 Å². The van der Waals surface area contributed by atoms with E-state index >= 15 is 0 Å². The van der Waals surface area contributed by atoms with Crippen LogP contribution in [0.25, 0.3) is 0 Å². The number of benzene rings is 2. The molecule has 2 aromatic rings. The van der Waals surface area contributed by atoms with E-state index in [0.717, 1.165) is 18.4 Å². The first-order valence-corrected chi connectivity index (χ1v) is 10.9. The largest absolute Gasteiger partial charge is 0.454 e. The summed E-state index contributed by atoms with van der Waals surface area (Å²) in [7, 11) is -3.67. The molecular formula is C21H23NO5S. The van der Waals surface area contributed by atoms with Gasteiger partial charge < -0.3 is 9.47 Å². The van der Waals surface area contributed by atoms with Crippen molar-refractivity contribution >= 4 is 16.0 Å². The maximum absolute atomic E-state index is 12.9. The van der Waals surface area contributed by atoms with Crippen LogP contribution >= 0.6 is 0 Å². The molecule has 1 aliphatic heterocycles. The molecule has 1 fully saturated rings. The minimum Gasteiger partial charge on any atom is -0.454 e. The summed E-state index contributed by atoms with van der Waals surface area (Å²) in [5, 5.41) is 0. The van der Waals surface area contributed by atoms with Crippen LogP contribution in [0.3, 0.4) is 0 Å². The Labute approximate surface area is 165 Å². The molecule has 1 aliphatic carbocycles. The zero-order valence-corrected chi connectivity index (χ0v) is 16.6. The van der Waals surface area contributed by atoms with E-state index in [1.807, 2.05) is 24.3 Å². The van der Waals surface area contributed by atoms with Crippen molar-refractivity contribution in [2.24, 2.45) is 0 Å². The van der Waals surface area contributed by atoms with E-state index in [2.05, 4.69) is 0 Å². The normalized spacial score (nSPS) is 20.0. The SMILES string of the molecule is Cc1ccc(S(=O)(=O)N2CCOCC2)cc1C(=O)O[C@H]1CCc2ccccc21. The number of esters is 1. The van der Waals surface area contributed by atoms with Crippen LogP contribution in [-0.4, -0.2) is 45.0 Å². The van der Waals surface area contributed by atoms with Gasteiger partial charge in [-0.05, 0) is 48.6 Å². The van der Waals surface area contributed by atoms with Crippen LogP contribution in [0.15, 0.2) is 47.4 Å². The number of ether oxygens (including phenoxy) is 2. The predicted octanol–water partition coefficient (Wildman–Crippen LogP) is 2.86. The Hall–Kier alpha value is -2.22. The standard InChI is InChI=1S/C21H23NO5S/c1-15-6-8-17(28(24,25)22-10-12-26-13-11-22)14-19(15)21(23)27-20-9-7-16-4-2-3-5-18(16)20/h2-6,8,14,20H,7,9-13H2,1H3/t20-/m0/s1. The lowest BCUT2D eigenvalue weighted by Crippen LogP contribution is -2.40. The summed E-state index contributed by atoms with van der Waals surface area (Å²) in [6.45, 7) is 3.16. The predicted molar refractivity (Wildman–Crippen MR) is 104 cm³/mol. The molecule has 2 aliphatic rings. The second-order valence-corrected chi connectivity index (χ2v) is 9.06. The number of hydrogen-bond donors (Lipinski definition) is 0. The fourth-order valence-corrected chi connectivity index (χ4v) is 5.19. The van der Waals surface area contributed by atoms with E-state index in [1.165, 1.54) is 15.9 Å². The molecule has 2 aromatic carbocycles. The minimum atomic E-state index is -3.67. The van der Waals surface area contributed by atoms with E-state index < -0.39 is 16.0 Å². The summed E-state index contributed by atoms with van der Waals surface area (Å²) >= 11 is 0. The maximum atomic E-state index is 12.9. The second kappa shape index (κ2) is 7.66. The molecule has 28 heavy (non-hydrogen) atoms. The number of carbonyl (C=O) groups is 1. The third-order valence-electron chi connectivity index (χ3n) is 5.36. The molecule has 0 spiro atoms. The highest BCUT2D eigenvalue weighted by Gasteiger charge is 2.29. The highest BCUT2D eigenvalue weighted by Crippen LogP contribution is 2.34. The highest BCUT2D eigenvalue weighted by molar-refractivity contribution is 7.89. The average molecular weight is 401 g/mol. The van der Waals surface area contributed by atoms with Gasteiger partial charge in [-0.25, -0.2) is 13.2 Å². The number of morpholine rings is 1. The third kappa shape index (κ3) is 3.57. The maximum Gasteiger partial charge on any atom is 0.339 e. The molecule has 0 unspecified atom stereocenters. The number of rotatable bonds is 4. The van der Waals surface area contributed by atoms with Crippen molar-refractivity contribution in [3.63, 3.8) is 0 Å². The molecule has 1 saturated heterocycles. The number of carbonyl (C=O) groups excluding carboxylic acids is 1. The molecule has 6 nitrogen and oxygen atoms in total. The van der Waals surface area contributed by atoms with Crippen LogP contribution in [0.2, 0.25) is 0 Å². The summed E-state index contributed by atoms with van der Waals surface area (Å²) in [6, 6.07) is 12.6. The molecular weight excluding hydrogens is 378 g/mol. The molecule has 0 amide bonds. The van der Waals surface area contributed by atoms with E-state index in [9.17, 15) is 13.2 Å². The van der Waals surface area contributed by atoms with E-state index in [4.69, 9.17) is 9.47 Å². The molecule has 4 rings (SSSR count). The van der Waals surface area contributed by atoms with Gasteiger partial charge in [0.25, 0.3) is 0 Å². The number of hydrogen-bond acceptors (Lipinski definition) is 5. The molecule has 0 aromatic heterocycles. The zero-order chi connectivity index (χ0) is 19.7. The molecule has 0 N–H and O–H groups in total. The Morgan fingerprint density at radius 3 is 2.68 bits per heavy atom. The topological polar surface area (TPSA) is 72.9 Å². The first kappa shape index (κ1) is 19.1. The zero-order valence-electron chi connectivity index (χ0n) is 15.8. The minimum absolute atomic E-state index is 0.110. The molecule has 0 radical (unpaired) electrons. The van der Waals surface area contributed by atoms with Gasteiger partial charge >= 0.3 is 5.97 Å². The van der Waals surface area contributed by atoms with Crippen molar-refractivity contribution in [1.29, 1.82) is 0 Å². The number of nitrogens with zero attached hydrogens (tertiary/aromatic N) is 1. The number of fused-ring (bicyclic) bond motifs is 1. The number of sulfonamides is 1. The Kier molecular flexibility index (Phi) is 5.23. The van der Waals surface area contributed by atoms with Gasteiger partial charge in [0.2, 0.25) is 10.0 Å². The lowest BCUT2D eigenvalue weighted by atomic mass is 10.1. The molecule has 0 bridgehead atoms. The lowest BCUT2D eigenvalue weighted by Gasteiger charge is -2.26. The quantitative estimate of drug-likeness (QED) is 0.737. The van der Waals surface area contributed by atoms with Gasteiger partial charge in [0.1, 0.15) is 6.10 Å². The van der Waals surface area contributed by atoms with Gasteiger partial charge in [0.05, 0.1) is 23.7 Å². The third-order valence-corrected chi connectivity index (χ3v) is 7.26. The van der Waals surface area contributed by atoms with Gasteiger partial charge in [-0.3, -0.25) is 0 Å². The van der Waals surface area contributed by atoms with Crippen molar-refractivity contribution in [2.45, 2.75) is 30.8 Å². The Bertz CT molecular complexity index is 996. The summed E-state index contributed by atoms with van der Waals surface area (Å²) < 4.78 is 38.2. The Balaban J connectivity index is 1.58. The van der Waals surface area contributed by atoms with Crippen molar-refractivity contribution in [2.75, 3.05) is 26.3 Å². The molecule has 0 saturated carbocycles. The average Bonchev–Trinajstić information content (AvgIpc) is 3.11. The van der Waals surface area contributed by atoms with Gasteiger partial charge in [-0.2, -0.15) is 4.31 Å². The number of aryl methyl sites for hydroxylation is 2. The first-order valence-electron chi connectivity index (χ1n) is 9.44. The van der Waals surface area contributed by atoms with E-state index in [1.54, 1.807) is 19.1 Å². The first-order chi connectivity index (χ1) is 13.5. The summed E-state index contributed by atoms with van der Waals surface area (Å²) in [4.78, 5) is 12.9. The molecule has 1 atom stereocenters. The van der Waals surface area contributed by atoms with Gasteiger partial charge in [-0.1, -0.05) is 30.3 Å². The highest BCUT2D eigenvalue weighted by atomic mass is 32.2. The summed E-state index contributed by atoms with van der Waals surface area (Å²) in [6.07, 6.45) is 1.33. The second-order valence-electron chi connectivity index (χ2n) is 7.12. The van der Waals surface area contributed by atoms with Crippen LogP contribution in [0.4, 0.5) is 0 Å². The van der Waals surface area contributed by atoms with Crippen molar-refractivity contribution in [1.82, 2.24) is 4.31 Å². The lowest BCUT2D eigenvalue weighted by molar-refractivity contribution is 0.0300. The monoisotopic (exact) mass is 401 g/mol. The van der Waals surface area contributed by atoms with E-state index in [-0.39, 0.29) is 11.0 Å². The molecule has 1 heterocycles. The summed E-state index contributed by atoms with van der Waals surface area (Å²) in [5.41, 5.74) is 3.21. The van der Waals surface area contributed by atoms with Crippen LogP contribution in [-0.2, 0) is 25.9 Å². The van der Waals surface area contributed by atoms with Gasteiger partial charge in [0, 0.05) is 13.1 Å². The van der Waals surface area contributed by atoms with Crippen molar-refractivity contribution in [3.8, 4) is 0 Å². The summed E-state index contributed by atoms with van der Waals surface area (Å²) in [5.74, 6) is -0.488. The van der Waals surface area contributed by atoms with Crippen LogP contribution < -0.4 is 0 Å². The van der Waals surface area contributed by atoms with E-state index in [0.29, 0.717) is 37.4 Å². The van der Waals surface area contributed by atoms with Gasteiger partial charge in [-0.15, -0.1) is 0 Å².